The third-order valence-electron chi connectivity index (χ3n) is 4.76. The lowest BCUT2D eigenvalue weighted by atomic mass is 9.95. The van der Waals surface area contributed by atoms with E-state index in [0.717, 1.165) is 25.9 Å². The van der Waals surface area contributed by atoms with Crippen LogP contribution in [0, 0.1) is 0 Å². The first-order valence-electron chi connectivity index (χ1n) is 9.60. The van der Waals surface area contributed by atoms with Crippen molar-refractivity contribution in [1.29, 1.82) is 0 Å². The summed E-state index contributed by atoms with van der Waals surface area (Å²) in [4.78, 5) is 12.1. The second-order valence-electron chi connectivity index (χ2n) is 7.18. The van der Waals surface area contributed by atoms with Crippen molar-refractivity contribution in [2.24, 2.45) is 0 Å². The molecule has 146 valence electrons. The number of morpholine rings is 1. The Morgan fingerprint density at radius 1 is 1.19 bits per heavy atom. The van der Waals surface area contributed by atoms with E-state index in [1.807, 2.05) is 0 Å². The average Bonchev–Trinajstić information content (AvgIpc) is 2.63. The lowest BCUT2D eigenvalue weighted by Gasteiger charge is -2.25. The number of nitrogens with two attached hydrogens (primary N) is 1. The van der Waals surface area contributed by atoms with E-state index < -0.39 is 0 Å². The summed E-state index contributed by atoms with van der Waals surface area (Å²) < 4.78 is 10.5. The summed E-state index contributed by atoms with van der Waals surface area (Å²) in [6.07, 6.45) is 6.65. The first-order chi connectivity index (χ1) is 12.5. The number of rotatable bonds is 3. The quantitative estimate of drug-likeness (QED) is 0.719. The Balaban J connectivity index is 0.000000254. The first kappa shape index (κ1) is 20.5. The molecule has 6 nitrogen and oxygen atoms in total. The molecule has 2 fully saturated rings. The topological polar surface area (TPSA) is 85.6 Å². The summed E-state index contributed by atoms with van der Waals surface area (Å²) in [5.41, 5.74) is 6.88. The first-order valence-corrected chi connectivity index (χ1v) is 9.60. The van der Waals surface area contributed by atoms with Crippen molar-refractivity contribution in [2.45, 2.75) is 64.2 Å². The van der Waals surface area contributed by atoms with Gasteiger partial charge >= 0.3 is 0 Å². The van der Waals surface area contributed by atoms with Crippen LogP contribution >= 0.6 is 0 Å². The molecule has 0 bridgehead atoms. The van der Waals surface area contributed by atoms with E-state index in [-0.39, 0.29) is 5.91 Å². The second kappa shape index (κ2) is 10.4. The zero-order chi connectivity index (χ0) is 18.9. The molecule has 4 N–H and O–H groups in total. The second-order valence-corrected chi connectivity index (χ2v) is 7.18. The van der Waals surface area contributed by atoms with Gasteiger partial charge in [-0.1, -0.05) is 19.3 Å². The van der Waals surface area contributed by atoms with Gasteiger partial charge in [-0.2, -0.15) is 0 Å². The van der Waals surface area contributed by atoms with E-state index in [9.17, 15) is 4.79 Å². The van der Waals surface area contributed by atoms with Gasteiger partial charge in [0.15, 0.2) is 0 Å². The van der Waals surface area contributed by atoms with Crippen LogP contribution in [0.4, 0.5) is 5.69 Å². The van der Waals surface area contributed by atoms with Crippen LogP contribution in [-0.2, 0) is 4.74 Å². The van der Waals surface area contributed by atoms with E-state index >= 15 is 0 Å². The van der Waals surface area contributed by atoms with Gasteiger partial charge in [0.05, 0.1) is 25.0 Å². The van der Waals surface area contributed by atoms with Gasteiger partial charge in [0, 0.05) is 24.7 Å². The van der Waals surface area contributed by atoms with Gasteiger partial charge in [0.1, 0.15) is 5.75 Å². The maximum Gasteiger partial charge on any atom is 0.251 e. The van der Waals surface area contributed by atoms with Crippen LogP contribution in [0.5, 0.6) is 5.75 Å². The molecule has 2 aliphatic rings. The molecule has 1 aliphatic heterocycles. The van der Waals surface area contributed by atoms with Crippen LogP contribution in [0.2, 0.25) is 0 Å². The third-order valence-corrected chi connectivity index (χ3v) is 4.76. The van der Waals surface area contributed by atoms with E-state index in [2.05, 4.69) is 24.5 Å². The summed E-state index contributed by atoms with van der Waals surface area (Å²) in [6.45, 7) is 6.18. The highest BCUT2D eigenvalue weighted by Crippen LogP contribution is 2.23. The predicted octanol–water partition coefficient (Wildman–Crippen LogP) is 2.72. The molecular weight excluding hydrogens is 330 g/mol. The van der Waals surface area contributed by atoms with Gasteiger partial charge in [0.2, 0.25) is 0 Å². The molecule has 1 saturated carbocycles. The van der Waals surface area contributed by atoms with Crippen molar-refractivity contribution in [3.63, 3.8) is 0 Å². The number of carbonyl (C=O) groups is 1. The van der Waals surface area contributed by atoms with Gasteiger partial charge in [-0.05, 0) is 44.9 Å². The molecule has 1 heterocycles. The lowest BCUT2D eigenvalue weighted by molar-refractivity contribution is -0.0166. The molecule has 0 aromatic heterocycles. The number of benzene rings is 1. The van der Waals surface area contributed by atoms with Crippen LogP contribution in [0.3, 0.4) is 0 Å². The molecule has 2 atom stereocenters. The Labute approximate surface area is 156 Å². The monoisotopic (exact) mass is 363 g/mol. The van der Waals surface area contributed by atoms with Crippen LogP contribution in [0.25, 0.3) is 0 Å². The molecule has 0 spiro atoms. The van der Waals surface area contributed by atoms with Crippen LogP contribution in [0.15, 0.2) is 18.2 Å². The Kier molecular flexibility index (Phi) is 8.19. The molecule has 1 aromatic carbocycles. The maximum atomic E-state index is 12.1. The Morgan fingerprint density at radius 2 is 1.85 bits per heavy atom. The number of hydrogen-bond donors (Lipinski definition) is 3. The molecule has 1 aliphatic carbocycles. The fourth-order valence-electron chi connectivity index (χ4n) is 3.35. The van der Waals surface area contributed by atoms with Gasteiger partial charge < -0.3 is 25.8 Å². The van der Waals surface area contributed by atoms with Crippen LogP contribution in [0.1, 0.15) is 56.3 Å². The number of hydrogen-bond acceptors (Lipinski definition) is 5. The number of nitrogen functional groups attached to an aromatic ring is 1. The highest BCUT2D eigenvalue weighted by atomic mass is 16.5. The zero-order valence-corrected chi connectivity index (χ0v) is 16.2. The number of nitrogens with one attached hydrogen (secondary N) is 2. The average molecular weight is 364 g/mol. The van der Waals surface area contributed by atoms with Crippen molar-refractivity contribution in [2.75, 3.05) is 25.9 Å². The SMILES string of the molecule is CC1CNC[C@H](C)O1.COc1cc(C(=O)NC2CCCCC2)ccc1N. The molecular formula is C20H33N3O3. The molecule has 3 rings (SSSR count). The fourth-order valence-corrected chi connectivity index (χ4v) is 3.35. The summed E-state index contributed by atoms with van der Waals surface area (Å²) in [5, 5.41) is 6.33. The number of carbonyl (C=O) groups excluding carboxylic acids is 1. The summed E-state index contributed by atoms with van der Waals surface area (Å²) >= 11 is 0. The van der Waals surface area contributed by atoms with Gasteiger partial charge in [-0.15, -0.1) is 0 Å². The standard InChI is InChI=1S/C14H20N2O2.C6H13NO/c1-18-13-9-10(7-8-12(13)15)14(17)16-11-5-3-2-4-6-11;1-5-3-7-4-6(2)8-5/h7-9,11H,2-6,15H2,1H3,(H,16,17);5-7H,3-4H2,1-2H3/t;5-,6?/m.0/s1. The third kappa shape index (κ3) is 6.50. The zero-order valence-electron chi connectivity index (χ0n) is 16.2. The fraction of sp³-hybridized carbons (Fsp3) is 0.650. The van der Waals surface area contributed by atoms with E-state index in [0.29, 0.717) is 35.3 Å². The van der Waals surface area contributed by atoms with Crippen molar-refractivity contribution < 1.29 is 14.3 Å². The molecule has 1 saturated heterocycles. The minimum Gasteiger partial charge on any atom is -0.495 e. The number of anilines is 1. The highest BCUT2D eigenvalue weighted by Gasteiger charge is 2.17. The predicted molar refractivity (Wildman–Crippen MR) is 105 cm³/mol. The molecule has 1 aromatic rings. The van der Waals surface area contributed by atoms with E-state index in [4.69, 9.17) is 15.2 Å². The summed E-state index contributed by atoms with van der Waals surface area (Å²) in [6, 6.07) is 5.44. The molecule has 1 unspecified atom stereocenters. The Morgan fingerprint density at radius 3 is 2.38 bits per heavy atom. The van der Waals surface area contributed by atoms with Crippen molar-refractivity contribution in [1.82, 2.24) is 10.6 Å². The lowest BCUT2D eigenvalue weighted by Crippen LogP contribution is -2.41. The van der Waals surface area contributed by atoms with Crippen molar-refractivity contribution >= 4 is 11.6 Å². The summed E-state index contributed by atoms with van der Waals surface area (Å²) in [5.74, 6) is 0.506. The highest BCUT2D eigenvalue weighted by molar-refractivity contribution is 5.95. The van der Waals surface area contributed by atoms with Gasteiger partial charge in [0.25, 0.3) is 5.91 Å². The normalized spacial score (nSPS) is 23.5. The number of amides is 1. The molecule has 1 amide bonds. The molecule has 26 heavy (non-hydrogen) atoms. The molecule has 6 heteroatoms. The van der Waals surface area contributed by atoms with E-state index in [1.165, 1.54) is 19.3 Å². The Hall–Kier alpha value is -1.79. The Bertz CT molecular complexity index is 565. The van der Waals surface area contributed by atoms with Crippen molar-refractivity contribution in [3.8, 4) is 5.75 Å². The summed E-state index contributed by atoms with van der Waals surface area (Å²) in [7, 11) is 1.55. The minimum atomic E-state index is -0.0415. The van der Waals surface area contributed by atoms with Gasteiger partial charge in [-0.3, -0.25) is 4.79 Å². The largest absolute Gasteiger partial charge is 0.495 e. The van der Waals surface area contributed by atoms with Crippen LogP contribution in [-0.4, -0.2) is 44.4 Å². The van der Waals surface area contributed by atoms with Gasteiger partial charge in [-0.25, -0.2) is 0 Å². The maximum absolute atomic E-state index is 12.1. The van der Waals surface area contributed by atoms with Crippen molar-refractivity contribution in [3.05, 3.63) is 23.8 Å². The minimum absolute atomic E-state index is 0.0415. The number of ether oxygens (including phenoxy) is 2. The smallest absolute Gasteiger partial charge is 0.251 e. The molecule has 0 radical (unpaired) electrons. The van der Waals surface area contributed by atoms with Crippen LogP contribution < -0.4 is 21.1 Å². The van der Waals surface area contributed by atoms with E-state index in [1.54, 1.807) is 25.3 Å². The number of methoxy groups -OCH3 is 1.